The summed E-state index contributed by atoms with van der Waals surface area (Å²) in [7, 11) is 0. The summed E-state index contributed by atoms with van der Waals surface area (Å²) in [5.74, 6) is 0.547. The van der Waals surface area contributed by atoms with Gasteiger partial charge in [0.05, 0.1) is 11.3 Å². The van der Waals surface area contributed by atoms with Crippen LogP contribution in [0, 0.1) is 11.3 Å². The molecule has 1 saturated carbocycles. The van der Waals surface area contributed by atoms with Gasteiger partial charge in [-0.25, -0.2) is 0 Å². The van der Waals surface area contributed by atoms with E-state index in [1.165, 1.54) is 19.0 Å². The van der Waals surface area contributed by atoms with Crippen molar-refractivity contribution in [3.05, 3.63) is 46.8 Å². The maximum Gasteiger partial charge on any atom is 0.255 e. The summed E-state index contributed by atoms with van der Waals surface area (Å²) in [6, 6.07) is 4.22. The van der Waals surface area contributed by atoms with Crippen molar-refractivity contribution in [3.63, 3.8) is 0 Å². The van der Waals surface area contributed by atoms with Gasteiger partial charge < -0.3 is 22.1 Å². The summed E-state index contributed by atoms with van der Waals surface area (Å²) in [5.41, 5.74) is 20.5. The van der Waals surface area contributed by atoms with Crippen LogP contribution in [0.1, 0.15) is 41.3 Å². The fourth-order valence-corrected chi connectivity index (χ4v) is 4.07. The van der Waals surface area contributed by atoms with E-state index in [0.717, 1.165) is 21.6 Å². The first-order valence-electron chi connectivity index (χ1n) is 8.63. The summed E-state index contributed by atoms with van der Waals surface area (Å²) in [6.45, 7) is 2.76. The summed E-state index contributed by atoms with van der Waals surface area (Å²) in [5, 5.41) is 7.44. The molecule has 1 fully saturated rings. The lowest BCUT2D eigenvalue weighted by atomic mass is 10.00. The number of hydrogen-bond acceptors (Lipinski definition) is 5. The molecule has 1 aromatic rings. The Hall–Kier alpha value is -2.41. The Bertz CT molecular complexity index is 825. The minimum absolute atomic E-state index is 0.118. The third kappa shape index (κ3) is 3.31. The number of fused-ring (bicyclic) bond motifs is 1. The highest BCUT2D eigenvalue weighted by molar-refractivity contribution is 7.98. The van der Waals surface area contributed by atoms with E-state index in [2.05, 4.69) is 6.92 Å². The second kappa shape index (κ2) is 7.07. The Labute approximate surface area is 158 Å². The van der Waals surface area contributed by atoms with Crippen LogP contribution in [0.4, 0.5) is 0 Å². The fourth-order valence-electron chi connectivity index (χ4n) is 3.40. The Balaban J connectivity index is 2.00. The quantitative estimate of drug-likeness (QED) is 0.264. The molecule has 7 heteroatoms. The molecule has 26 heavy (non-hydrogen) atoms. The van der Waals surface area contributed by atoms with Gasteiger partial charge in [0.2, 0.25) is 0 Å². The van der Waals surface area contributed by atoms with E-state index in [-0.39, 0.29) is 23.5 Å². The molecule has 0 aromatic heterocycles. The number of allylic oxidation sites excluding steroid dienone is 2. The number of nitrogens with one attached hydrogen (secondary N) is 1. The molecule has 1 unspecified atom stereocenters. The number of amides is 1. The molecular formula is C19H25N5OS. The van der Waals surface area contributed by atoms with Crippen molar-refractivity contribution >= 4 is 29.1 Å². The van der Waals surface area contributed by atoms with E-state index < -0.39 is 0 Å². The highest BCUT2D eigenvalue weighted by Crippen LogP contribution is 2.41. The van der Waals surface area contributed by atoms with Crippen LogP contribution < -0.4 is 17.2 Å². The molecule has 1 atom stereocenters. The molecule has 1 aliphatic heterocycles. The first-order chi connectivity index (χ1) is 12.4. The summed E-state index contributed by atoms with van der Waals surface area (Å²) in [6.07, 6.45) is 7.41. The molecule has 0 bridgehead atoms. The lowest BCUT2D eigenvalue weighted by Gasteiger charge is -2.24. The molecule has 0 radical (unpaired) electrons. The van der Waals surface area contributed by atoms with Crippen LogP contribution in [0.2, 0.25) is 0 Å². The zero-order valence-corrected chi connectivity index (χ0v) is 15.9. The summed E-state index contributed by atoms with van der Waals surface area (Å²) in [4.78, 5) is 15.9. The average molecular weight is 372 g/mol. The third-order valence-corrected chi connectivity index (χ3v) is 5.91. The van der Waals surface area contributed by atoms with Gasteiger partial charge in [0.25, 0.3) is 5.91 Å². The smallest absolute Gasteiger partial charge is 0.255 e. The lowest BCUT2D eigenvalue weighted by molar-refractivity contribution is 0.0695. The molecule has 1 heterocycles. The van der Waals surface area contributed by atoms with Crippen molar-refractivity contribution in [2.75, 3.05) is 6.26 Å². The monoisotopic (exact) mass is 371 g/mol. The Morgan fingerprint density at radius 2 is 2.08 bits per heavy atom. The SMILES string of the molecule is CSc1cc(C(/C=C(\N)C(=N)N)=C/N)cc2c1C(=O)N(C(C)C1CC1)C2. The molecule has 0 saturated heterocycles. The maximum atomic E-state index is 13.0. The van der Waals surface area contributed by atoms with Gasteiger partial charge in [0.15, 0.2) is 0 Å². The number of benzene rings is 1. The van der Waals surface area contributed by atoms with E-state index in [1.54, 1.807) is 17.8 Å². The number of nitrogens with zero attached hydrogens (tertiary/aromatic N) is 1. The van der Waals surface area contributed by atoms with E-state index >= 15 is 0 Å². The van der Waals surface area contributed by atoms with Gasteiger partial charge >= 0.3 is 0 Å². The highest BCUT2D eigenvalue weighted by atomic mass is 32.2. The maximum absolute atomic E-state index is 13.0. The number of amidine groups is 1. The van der Waals surface area contributed by atoms with Gasteiger partial charge in [-0.2, -0.15) is 0 Å². The Morgan fingerprint density at radius 1 is 1.38 bits per heavy atom. The second-order valence-corrected chi connectivity index (χ2v) is 7.71. The van der Waals surface area contributed by atoms with Crippen LogP contribution in [0.25, 0.3) is 5.57 Å². The molecule has 2 aliphatic rings. The minimum Gasteiger partial charge on any atom is -0.404 e. The Morgan fingerprint density at radius 3 is 2.62 bits per heavy atom. The minimum atomic E-state index is -0.199. The number of rotatable bonds is 6. The van der Waals surface area contributed by atoms with E-state index in [0.29, 0.717) is 18.0 Å². The lowest BCUT2D eigenvalue weighted by Crippen LogP contribution is -2.34. The Kier molecular flexibility index (Phi) is 5.00. The largest absolute Gasteiger partial charge is 0.404 e. The van der Waals surface area contributed by atoms with Gasteiger partial charge in [-0.05, 0) is 66.8 Å². The number of hydrogen-bond donors (Lipinski definition) is 4. The van der Waals surface area contributed by atoms with Crippen molar-refractivity contribution in [1.82, 2.24) is 4.90 Å². The summed E-state index contributed by atoms with van der Waals surface area (Å²) >= 11 is 1.55. The van der Waals surface area contributed by atoms with Gasteiger partial charge in [-0.3, -0.25) is 10.2 Å². The van der Waals surface area contributed by atoms with Crippen LogP contribution in [0.15, 0.2) is 35.0 Å². The number of thioether (sulfide) groups is 1. The van der Waals surface area contributed by atoms with E-state index in [1.807, 2.05) is 23.3 Å². The van der Waals surface area contributed by atoms with Crippen LogP contribution in [-0.4, -0.2) is 28.9 Å². The van der Waals surface area contributed by atoms with E-state index in [9.17, 15) is 4.79 Å². The van der Waals surface area contributed by atoms with Crippen LogP contribution in [0.3, 0.4) is 0 Å². The molecular weight excluding hydrogens is 346 g/mol. The van der Waals surface area contributed by atoms with Gasteiger partial charge in [-0.1, -0.05) is 0 Å². The van der Waals surface area contributed by atoms with Crippen molar-refractivity contribution < 1.29 is 4.79 Å². The molecule has 7 N–H and O–H groups in total. The normalized spacial score (nSPS) is 18.8. The number of nitrogens with two attached hydrogens (primary N) is 3. The standard InChI is InChI=1S/C19H25N5OS/c1-10(11-3-4-11)24-9-14-5-12(7-16(26-2)17(14)19(24)25)13(8-20)6-15(21)18(22)23/h5-8,10-11H,3-4,9,20-21H2,1-2H3,(H3,22,23)/b13-8+,15-6-. The van der Waals surface area contributed by atoms with Crippen molar-refractivity contribution in [1.29, 1.82) is 5.41 Å². The van der Waals surface area contributed by atoms with Crippen molar-refractivity contribution in [2.45, 2.75) is 37.2 Å². The number of carbonyl (C=O) groups excluding carboxylic acids is 1. The molecule has 6 nitrogen and oxygen atoms in total. The average Bonchev–Trinajstić information content (AvgIpc) is 3.42. The van der Waals surface area contributed by atoms with Crippen LogP contribution in [0.5, 0.6) is 0 Å². The zero-order chi connectivity index (χ0) is 19.0. The molecule has 138 valence electrons. The first-order valence-corrected chi connectivity index (χ1v) is 9.85. The van der Waals surface area contributed by atoms with Gasteiger partial charge in [0.1, 0.15) is 5.84 Å². The van der Waals surface area contributed by atoms with Crippen LogP contribution >= 0.6 is 11.8 Å². The number of carbonyl (C=O) groups is 1. The van der Waals surface area contributed by atoms with Crippen molar-refractivity contribution in [3.8, 4) is 0 Å². The van der Waals surface area contributed by atoms with Crippen LogP contribution in [-0.2, 0) is 6.54 Å². The topological polar surface area (TPSA) is 122 Å². The highest BCUT2D eigenvalue weighted by Gasteiger charge is 2.39. The third-order valence-electron chi connectivity index (χ3n) is 5.15. The molecule has 0 spiro atoms. The fraction of sp³-hybridized carbons (Fsp3) is 0.368. The summed E-state index contributed by atoms with van der Waals surface area (Å²) < 4.78 is 0. The molecule has 1 amide bonds. The molecule has 1 aliphatic carbocycles. The zero-order valence-electron chi connectivity index (χ0n) is 15.1. The molecule has 1 aromatic carbocycles. The van der Waals surface area contributed by atoms with E-state index in [4.69, 9.17) is 22.6 Å². The second-order valence-electron chi connectivity index (χ2n) is 6.86. The predicted molar refractivity (Wildman–Crippen MR) is 107 cm³/mol. The first kappa shape index (κ1) is 18.4. The predicted octanol–water partition coefficient (Wildman–Crippen LogP) is 2.24. The van der Waals surface area contributed by atoms with Gasteiger partial charge in [-0.15, -0.1) is 11.8 Å². The van der Waals surface area contributed by atoms with Gasteiger partial charge in [0, 0.05) is 23.7 Å². The molecule has 3 rings (SSSR count). The van der Waals surface area contributed by atoms with Crippen molar-refractivity contribution in [2.24, 2.45) is 23.1 Å².